The molecule has 0 aliphatic rings. The Morgan fingerprint density at radius 1 is 1.29 bits per heavy atom. The van der Waals surface area contributed by atoms with Crippen LogP contribution in [0.3, 0.4) is 0 Å². The lowest BCUT2D eigenvalue weighted by Crippen LogP contribution is -2.08. The summed E-state index contributed by atoms with van der Waals surface area (Å²) in [4.78, 5) is 2.68. The average Bonchev–Trinajstić information content (AvgIpc) is 2.16. The Morgan fingerprint density at radius 3 is 2.57 bits per heavy atom. The first kappa shape index (κ1) is 11.3. The van der Waals surface area contributed by atoms with E-state index in [2.05, 4.69) is 4.84 Å². The van der Waals surface area contributed by atoms with E-state index >= 15 is 0 Å². The van der Waals surface area contributed by atoms with Crippen molar-refractivity contribution in [2.24, 2.45) is 0 Å². The van der Waals surface area contributed by atoms with Crippen LogP contribution in [0.5, 0.6) is 5.75 Å². The normalized spacial score (nSPS) is 12.9. The summed E-state index contributed by atoms with van der Waals surface area (Å²) in [6.45, 7) is 6.02. The monoisotopic (exact) mass is 213 g/mol. The van der Waals surface area contributed by atoms with Crippen LogP contribution < -0.4 is 9.57 Å². The lowest BCUT2D eigenvalue weighted by atomic mass is 10.1. The number of ether oxygens (including phenoxy) is 1. The zero-order chi connectivity index (χ0) is 10.6. The minimum atomic E-state index is 0.132. The van der Waals surface area contributed by atoms with E-state index in [1.165, 1.54) is 0 Å². The van der Waals surface area contributed by atoms with Gasteiger partial charge >= 0.3 is 0 Å². The summed E-state index contributed by atoms with van der Waals surface area (Å²) in [6, 6.07) is 8.07. The molecule has 0 spiro atoms. The molecule has 0 heterocycles. The molecule has 1 rings (SSSR count). The van der Waals surface area contributed by atoms with Gasteiger partial charge < -0.3 is 4.74 Å². The molecule has 0 amide bonds. The molecule has 1 N–H and O–H groups in total. The quantitative estimate of drug-likeness (QED) is 0.776. The van der Waals surface area contributed by atoms with E-state index in [9.17, 15) is 0 Å². The van der Waals surface area contributed by atoms with E-state index in [1.807, 2.05) is 45.0 Å². The largest absolute Gasteiger partial charge is 0.491 e. The molecule has 0 saturated heterocycles. The summed E-state index contributed by atoms with van der Waals surface area (Å²) < 4.78 is 5.58. The first-order valence-corrected chi connectivity index (χ1v) is 5.14. The zero-order valence-electron chi connectivity index (χ0n) is 8.75. The molecule has 0 aromatic heterocycles. The zero-order valence-corrected chi connectivity index (χ0v) is 9.51. The van der Waals surface area contributed by atoms with Crippen LogP contribution in [0, 0.1) is 0 Å². The number of hydrogen-bond acceptors (Lipinski definition) is 2. The Kier molecular flexibility index (Phi) is 4.23. The van der Waals surface area contributed by atoms with Crippen molar-refractivity contribution in [3.05, 3.63) is 29.8 Å². The minimum Gasteiger partial charge on any atom is -0.491 e. The van der Waals surface area contributed by atoms with Gasteiger partial charge in [0.25, 0.3) is 0 Å². The van der Waals surface area contributed by atoms with Gasteiger partial charge in [-0.05, 0) is 50.2 Å². The molecule has 0 saturated carbocycles. The maximum Gasteiger partial charge on any atom is 0.120 e. The highest BCUT2D eigenvalue weighted by Gasteiger charge is 2.05. The lowest BCUT2D eigenvalue weighted by Gasteiger charge is -2.13. The Hall–Kier alpha value is -0.730. The van der Waals surface area contributed by atoms with Crippen molar-refractivity contribution in [3.8, 4) is 5.75 Å². The highest BCUT2D eigenvalue weighted by Crippen LogP contribution is 2.20. The van der Waals surface area contributed by atoms with Gasteiger partial charge in [0.1, 0.15) is 5.75 Å². The Balaban J connectivity index is 2.78. The van der Waals surface area contributed by atoms with Crippen LogP contribution in [0.1, 0.15) is 32.4 Å². The van der Waals surface area contributed by atoms with Gasteiger partial charge in [-0.3, -0.25) is 0 Å². The second kappa shape index (κ2) is 5.23. The second-order valence-electron chi connectivity index (χ2n) is 3.57. The second-order valence-corrected chi connectivity index (χ2v) is 3.79. The van der Waals surface area contributed by atoms with Gasteiger partial charge in [0.05, 0.1) is 6.10 Å². The van der Waals surface area contributed by atoms with Gasteiger partial charge in [-0.1, -0.05) is 12.1 Å². The third-order valence-corrected chi connectivity index (χ3v) is 2.22. The molecular formula is C11H16ClNO. The van der Waals surface area contributed by atoms with Crippen LogP contribution in [0.4, 0.5) is 0 Å². The van der Waals surface area contributed by atoms with Crippen molar-refractivity contribution >= 4 is 11.8 Å². The van der Waals surface area contributed by atoms with Crippen molar-refractivity contribution in [1.29, 1.82) is 0 Å². The number of hydrogen-bond donors (Lipinski definition) is 1. The van der Waals surface area contributed by atoms with E-state index in [0.29, 0.717) is 0 Å². The average molecular weight is 214 g/mol. The summed E-state index contributed by atoms with van der Waals surface area (Å²) in [6.07, 6.45) is 0.199. The SMILES string of the molecule is CC(C)Oc1cccc([C@H](C)NCl)c1. The molecule has 2 nitrogen and oxygen atoms in total. The van der Waals surface area contributed by atoms with Crippen molar-refractivity contribution in [2.45, 2.75) is 32.9 Å². The Morgan fingerprint density at radius 2 is 2.00 bits per heavy atom. The van der Waals surface area contributed by atoms with Crippen molar-refractivity contribution < 1.29 is 4.74 Å². The third kappa shape index (κ3) is 3.20. The topological polar surface area (TPSA) is 21.3 Å². The predicted octanol–water partition coefficient (Wildman–Crippen LogP) is 3.28. The summed E-state index contributed by atoms with van der Waals surface area (Å²) in [5.41, 5.74) is 1.12. The summed E-state index contributed by atoms with van der Waals surface area (Å²) in [7, 11) is 0. The number of halogens is 1. The molecule has 0 aliphatic carbocycles. The van der Waals surface area contributed by atoms with Crippen LogP contribution in [0.25, 0.3) is 0 Å². The molecule has 78 valence electrons. The van der Waals surface area contributed by atoms with Gasteiger partial charge in [-0.15, -0.1) is 0 Å². The van der Waals surface area contributed by atoms with Crippen LogP contribution in [-0.4, -0.2) is 6.10 Å². The fraction of sp³-hybridized carbons (Fsp3) is 0.455. The molecular weight excluding hydrogens is 198 g/mol. The van der Waals surface area contributed by atoms with Gasteiger partial charge in [-0.25, -0.2) is 4.84 Å². The smallest absolute Gasteiger partial charge is 0.120 e. The lowest BCUT2D eigenvalue weighted by molar-refractivity contribution is 0.242. The van der Waals surface area contributed by atoms with Crippen LogP contribution in [0.15, 0.2) is 24.3 Å². The maximum atomic E-state index is 5.58. The Bertz CT molecular complexity index is 288. The van der Waals surface area contributed by atoms with Crippen LogP contribution in [0.2, 0.25) is 0 Å². The molecule has 0 bridgehead atoms. The first-order chi connectivity index (χ1) is 6.63. The van der Waals surface area contributed by atoms with Gasteiger partial charge in [-0.2, -0.15) is 0 Å². The summed E-state index contributed by atoms with van der Waals surface area (Å²) >= 11 is 5.55. The van der Waals surface area contributed by atoms with Crippen LogP contribution in [-0.2, 0) is 0 Å². The van der Waals surface area contributed by atoms with Crippen molar-refractivity contribution in [3.63, 3.8) is 0 Å². The molecule has 3 heteroatoms. The number of benzene rings is 1. The highest BCUT2D eigenvalue weighted by atomic mass is 35.5. The Labute approximate surface area is 90.3 Å². The molecule has 0 unspecified atom stereocenters. The predicted molar refractivity (Wildman–Crippen MR) is 59.6 cm³/mol. The van der Waals surface area contributed by atoms with Gasteiger partial charge in [0.2, 0.25) is 0 Å². The molecule has 0 radical (unpaired) electrons. The fourth-order valence-corrected chi connectivity index (χ4v) is 1.32. The third-order valence-electron chi connectivity index (χ3n) is 1.89. The first-order valence-electron chi connectivity index (χ1n) is 4.76. The van der Waals surface area contributed by atoms with Gasteiger partial charge in [0, 0.05) is 6.04 Å². The minimum absolute atomic E-state index is 0.132. The van der Waals surface area contributed by atoms with Crippen LogP contribution >= 0.6 is 11.8 Å². The molecule has 1 aromatic carbocycles. The molecule has 0 fully saturated rings. The van der Waals surface area contributed by atoms with Gasteiger partial charge in [0.15, 0.2) is 0 Å². The van der Waals surface area contributed by atoms with E-state index in [0.717, 1.165) is 11.3 Å². The molecule has 0 aliphatic heterocycles. The van der Waals surface area contributed by atoms with E-state index in [4.69, 9.17) is 16.5 Å². The number of nitrogens with one attached hydrogen (secondary N) is 1. The molecule has 14 heavy (non-hydrogen) atoms. The highest BCUT2D eigenvalue weighted by molar-refractivity contribution is 6.13. The standard InChI is InChI=1S/C11H16ClNO/c1-8(2)14-11-6-4-5-10(7-11)9(3)13-12/h4-9,13H,1-3H3/t9-/m0/s1. The van der Waals surface area contributed by atoms with E-state index in [-0.39, 0.29) is 12.1 Å². The van der Waals surface area contributed by atoms with E-state index < -0.39 is 0 Å². The summed E-state index contributed by atoms with van der Waals surface area (Å²) in [5, 5.41) is 0. The fourth-order valence-electron chi connectivity index (χ4n) is 1.19. The van der Waals surface area contributed by atoms with Crippen molar-refractivity contribution in [2.75, 3.05) is 0 Å². The molecule has 1 atom stereocenters. The van der Waals surface area contributed by atoms with E-state index in [1.54, 1.807) is 0 Å². The summed E-state index contributed by atoms with van der Waals surface area (Å²) in [5.74, 6) is 0.885. The number of rotatable bonds is 4. The molecule has 1 aromatic rings. The maximum absolute atomic E-state index is 5.58. The van der Waals surface area contributed by atoms with Crippen molar-refractivity contribution in [1.82, 2.24) is 4.84 Å².